The zero-order chi connectivity index (χ0) is 16.5. The zero-order valence-corrected chi connectivity index (χ0v) is 13.6. The summed E-state index contributed by atoms with van der Waals surface area (Å²) in [5, 5.41) is 4.03. The van der Waals surface area contributed by atoms with Crippen molar-refractivity contribution in [2.45, 2.75) is 25.8 Å². The SMILES string of the molecule is C[C@@H]1C[C@@H]1c1ccc(/C=C\C(=O)NCc2cc3ccccc3[nH]2)o1. The third-order valence-electron chi connectivity index (χ3n) is 4.56. The first-order chi connectivity index (χ1) is 11.7. The highest BCUT2D eigenvalue weighted by Gasteiger charge is 2.36. The Kier molecular flexibility index (Phi) is 3.73. The fourth-order valence-corrected chi connectivity index (χ4v) is 3.00. The number of benzene rings is 1. The number of fused-ring (bicyclic) bond motifs is 1. The summed E-state index contributed by atoms with van der Waals surface area (Å²) in [6.07, 6.45) is 4.43. The third-order valence-corrected chi connectivity index (χ3v) is 4.56. The molecule has 1 aromatic carbocycles. The molecule has 4 rings (SSSR count). The lowest BCUT2D eigenvalue weighted by molar-refractivity contribution is -0.116. The lowest BCUT2D eigenvalue weighted by Gasteiger charge is -1.99. The van der Waals surface area contributed by atoms with E-state index in [0.717, 1.165) is 28.1 Å². The molecule has 24 heavy (non-hydrogen) atoms. The highest BCUT2D eigenvalue weighted by atomic mass is 16.3. The number of aromatic nitrogens is 1. The molecule has 0 unspecified atom stereocenters. The van der Waals surface area contributed by atoms with Crippen molar-refractivity contribution in [3.8, 4) is 0 Å². The molecule has 1 fully saturated rings. The van der Waals surface area contributed by atoms with Gasteiger partial charge in [-0.25, -0.2) is 0 Å². The molecule has 1 aliphatic rings. The molecule has 2 atom stereocenters. The van der Waals surface area contributed by atoms with Gasteiger partial charge in [-0.05, 0) is 48.1 Å². The lowest BCUT2D eigenvalue weighted by Crippen LogP contribution is -2.20. The average Bonchev–Trinajstić information content (AvgIpc) is 3.02. The van der Waals surface area contributed by atoms with E-state index in [9.17, 15) is 4.79 Å². The topological polar surface area (TPSA) is 58.0 Å². The van der Waals surface area contributed by atoms with Crippen molar-refractivity contribution in [1.29, 1.82) is 0 Å². The Morgan fingerprint density at radius 3 is 2.96 bits per heavy atom. The average molecular weight is 320 g/mol. The van der Waals surface area contributed by atoms with Gasteiger partial charge < -0.3 is 14.7 Å². The lowest BCUT2D eigenvalue weighted by atomic mass is 10.2. The Balaban J connectivity index is 1.33. The van der Waals surface area contributed by atoms with Crippen molar-refractivity contribution >= 4 is 22.9 Å². The summed E-state index contributed by atoms with van der Waals surface area (Å²) >= 11 is 0. The molecule has 4 heteroatoms. The minimum atomic E-state index is -0.133. The van der Waals surface area contributed by atoms with E-state index < -0.39 is 0 Å². The Morgan fingerprint density at radius 1 is 1.33 bits per heavy atom. The maximum Gasteiger partial charge on any atom is 0.244 e. The zero-order valence-electron chi connectivity index (χ0n) is 13.6. The van der Waals surface area contributed by atoms with E-state index in [1.807, 2.05) is 36.4 Å². The smallest absolute Gasteiger partial charge is 0.244 e. The van der Waals surface area contributed by atoms with Crippen molar-refractivity contribution < 1.29 is 9.21 Å². The molecule has 0 radical (unpaired) electrons. The maximum atomic E-state index is 12.0. The van der Waals surface area contributed by atoms with Gasteiger partial charge in [-0.15, -0.1) is 0 Å². The molecule has 0 aliphatic heterocycles. The number of H-pyrrole nitrogens is 1. The summed E-state index contributed by atoms with van der Waals surface area (Å²) in [5.41, 5.74) is 2.07. The quantitative estimate of drug-likeness (QED) is 0.692. The summed E-state index contributed by atoms with van der Waals surface area (Å²) in [6, 6.07) is 14.0. The van der Waals surface area contributed by atoms with Crippen molar-refractivity contribution in [3.63, 3.8) is 0 Å². The van der Waals surface area contributed by atoms with E-state index in [1.165, 1.54) is 12.5 Å². The van der Waals surface area contributed by atoms with Crippen LogP contribution in [-0.2, 0) is 11.3 Å². The van der Waals surface area contributed by atoms with Crippen molar-refractivity contribution in [1.82, 2.24) is 10.3 Å². The van der Waals surface area contributed by atoms with Gasteiger partial charge in [0.05, 0.1) is 6.54 Å². The van der Waals surface area contributed by atoms with Gasteiger partial charge >= 0.3 is 0 Å². The van der Waals surface area contributed by atoms with E-state index in [2.05, 4.69) is 23.3 Å². The molecule has 0 spiro atoms. The number of rotatable bonds is 5. The van der Waals surface area contributed by atoms with Crippen LogP contribution in [-0.4, -0.2) is 10.9 Å². The Hall–Kier alpha value is -2.75. The first kappa shape index (κ1) is 14.8. The van der Waals surface area contributed by atoms with Gasteiger partial charge in [-0.1, -0.05) is 25.1 Å². The maximum absolute atomic E-state index is 12.0. The first-order valence-electron chi connectivity index (χ1n) is 8.31. The van der Waals surface area contributed by atoms with Crippen LogP contribution in [0.4, 0.5) is 0 Å². The molecule has 2 aromatic heterocycles. The van der Waals surface area contributed by atoms with Gasteiger partial charge in [0.15, 0.2) is 0 Å². The van der Waals surface area contributed by atoms with Crippen LogP contribution in [0.5, 0.6) is 0 Å². The second kappa shape index (κ2) is 6.04. The van der Waals surface area contributed by atoms with E-state index in [4.69, 9.17) is 4.42 Å². The Bertz CT molecular complexity index is 870. The molecule has 3 aromatic rings. The molecular formula is C20H20N2O2. The summed E-state index contributed by atoms with van der Waals surface area (Å²) in [4.78, 5) is 15.3. The van der Waals surface area contributed by atoms with Gasteiger partial charge in [0.25, 0.3) is 0 Å². The standard InChI is InChI=1S/C20H20N2O2/c1-13-10-17(13)19-8-6-16(24-19)7-9-20(23)21-12-15-11-14-4-2-3-5-18(14)22-15/h2-9,11,13,17,22H,10,12H2,1H3,(H,21,23)/b9-7-/t13-,17+/m1/s1. The van der Waals surface area contributed by atoms with Crippen LogP contribution in [0.2, 0.25) is 0 Å². The minimum Gasteiger partial charge on any atom is -0.461 e. The number of carbonyl (C=O) groups is 1. The monoisotopic (exact) mass is 320 g/mol. The Labute approximate surface area is 140 Å². The summed E-state index contributed by atoms with van der Waals surface area (Å²) < 4.78 is 5.76. The summed E-state index contributed by atoms with van der Waals surface area (Å²) in [5.74, 6) is 2.90. The third kappa shape index (κ3) is 3.13. The molecule has 4 nitrogen and oxygen atoms in total. The number of furan rings is 1. The normalized spacial score (nSPS) is 19.9. The van der Waals surface area contributed by atoms with Gasteiger partial charge in [-0.3, -0.25) is 4.79 Å². The molecule has 0 saturated heterocycles. The van der Waals surface area contributed by atoms with Gasteiger partial charge in [-0.2, -0.15) is 0 Å². The number of amides is 1. The van der Waals surface area contributed by atoms with E-state index in [1.54, 1.807) is 6.08 Å². The number of para-hydroxylation sites is 1. The minimum absolute atomic E-state index is 0.133. The number of aromatic amines is 1. The van der Waals surface area contributed by atoms with Crippen molar-refractivity contribution in [3.05, 3.63) is 65.8 Å². The van der Waals surface area contributed by atoms with Gasteiger partial charge in [0.2, 0.25) is 5.91 Å². The second-order valence-corrected chi connectivity index (χ2v) is 6.49. The molecule has 1 amide bonds. The molecule has 2 N–H and O–H groups in total. The number of hydrogen-bond donors (Lipinski definition) is 2. The predicted octanol–water partition coefficient (Wildman–Crippen LogP) is 4.21. The molecule has 0 bridgehead atoms. The highest BCUT2D eigenvalue weighted by molar-refractivity contribution is 5.91. The van der Waals surface area contributed by atoms with Crippen LogP contribution in [0.1, 0.15) is 36.5 Å². The second-order valence-electron chi connectivity index (χ2n) is 6.49. The van der Waals surface area contributed by atoms with Crippen LogP contribution < -0.4 is 5.32 Å². The number of nitrogens with one attached hydrogen (secondary N) is 2. The summed E-state index contributed by atoms with van der Waals surface area (Å²) in [6.45, 7) is 2.70. The first-order valence-corrected chi connectivity index (χ1v) is 8.31. The Morgan fingerprint density at radius 2 is 2.17 bits per heavy atom. The van der Waals surface area contributed by atoms with Crippen LogP contribution in [0.25, 0.3) is 17.0 Å². The van der Waals surface area contributed by atoms with E-state index in [-0.39, 0.29) is 5.91 Å². The number of hydrogen-bond acceptors (Lipinski definition) is 2. The number of carbonyl (C=O) groups excluding carboxylic acids is 1. The highest BCUT2D eigenvalue weighted by Crippen LogP contribution is 2.47. The van der Waals surface area contributed by atoms with Gasteiger partial charge in [0.1, 0.15) is 11.5 Å². The molecule has 1 saturated carbocycles. The largest absolute Gasteiger partial charge is 0.461 e. The fraction of sp³-hybridized carbons (Fsp3) is 0.250. The van der Waals surface area contributed by atoms with Gasteiger partial charge in [0, 0.05) is 23.2 Å². The van der Waals surface area contributed by atoms with Crippen molar-refractivity contribution in [2.75, 3.05) is 0 Å². The van der Waals surface area contributed by atoms with Crippen LogP contribution in [0, 0.1) is 5.92 Å². The van der Waals surface area contributed by atoms with E-state index >= 15 is 0 Å². The summed E-state index contributed by atoms with van der Waals surface area (Å²) in [7, 11) is 0. The van der Waals surface area contributed by atoms with E-state index in [0.29, 0.717) is 18.4 Å². The molecule has 122 valence electrons. The van der Waals surface area contributed by atoms with Crippen molar-refractivity contribution in [2.24, 2.45) is 5.92 Å². The van der Waals surface area contributed by atoms with Crippen LogP contribution in [0.3, 0.4) is 0 Å². The molecule has 1 aliphatic carbocycles. The predicted molar refractivity (Wildman–Crippen MR) is 94.4 cm³/mol. The fourth-order valence-electron chi connectivity index (χ4n) is 3.00. The molecular weight excluding hydrogens is 300 g/mol. The van der Waals surface area contributed by atoms with Crippen LogP contribution >= 0.6 is 0 Å². The molecule has 2 heterocycles. The van der Waals surface area contributed by atoms with Crippen LogP contribution in [0.15, 0.2) is 53.0 Å².